The average molecular weight is 371 g/mol. The van der Waals surface area contributed by atoms with Crippen molar-refractivity contribution in [3.05, 3.63) is 74.8 Å². The van der Waals surface area contributed by atoms with Gasteiger partial charge in [0.15, 0.2) is 0 Å². The van der Waals surface area contributed by atoms with Crippen LogP contribution in [0.3, 0.4) is 0 Å². The minimum absolute atomic E-state index is 0.0613. The largest absolute Gasteiger partial charge is 0.494 e. The lowest BCUT2D eigenvalue weighted by atomic mass is 9.77. The van der Waals surface area contributed by atoms with Gasteiger partial charge in [-0.05, 0) is 49.1 Å². The van der Waals surface area contributed by atoms with Crippen LogP contribution >= 0.6 is 11.6 Å². The van der Waals surface area contributed by atoms with E-state index in [9.17, 15) is 10.1 Å². The number of rotatable bonds is 4. The molecule has 6 heteroatoms. The molecule has 0 saturated heterocycles. The predicted octanol–water partition coefficient (Wildman–Crippen LogP) is 5.47. The third kappa shape index (κ3) is 2.82. The molecule has 0 spiro atoms. The molecule has 3 atom stereocenters. The molecule has 1 aliphatic carbocycles. The topological polar surface area (TPSA) is 64.4 Å². The highest BCUT2D eigenvalue weighted by Gasteiger charge is 2.39. The van der Waals surface area contributed by atoms with E-state index in [4.69, 9.17) is 16.3 Å². The van der Waals surface area contributed by atoms with Gasteiger partial charge in [0, 0.05) is 34.3 Å². The smallest absolute Gasteiger partial charge is 0.269 e. The molecule has 0 bridgehead atoms. The number of benzene rings is 2. The first-order valence-corrected chi connectivity index (χ1v) is 9.10. The van der Waals surface area contributed by atoms with Crippen LogP contribution in [0.15, 0.2) is 48.6 Å². The summed E-state index contributed by atoms with van der Waals surface area (Å²) in [5, 5.41) is 15.3. The molecule has 5 nitrogen and oxygen atoms in total. The van der Waals surface area contributed by atoms with Crippen LogP contribution in [0.1, 0.15) is 36.4 Å². The number of nitrogens with zero attached hydrogens (tertiary/aromatic N) is 1. The summed E-state index contributed by atoms with van der Waals surface area (Å²) < 4.78 is 5.65. The Bertz CT molecular complexity index is 897. The Morgan fingerprint density at radius 3 is 2.88 bits per heavy atom. The Morgan fingerprint density at radius 2 is 2.12 bits per heavy atom. The lowest BCUT2D eigenvalue weighted by Crippen LogP contribution is -2.29. The van der Waals surface area contributed by atoms with Crippen LogP contribution < -0.4 is 10.1 Å². The highest BCUT2D eigenvalue weighted by molar-refractivity contribution is 6.31. The highest BCUT2D eigenvalue weighted by Crippen LogP contribution is 2.51. The third-order valence-corrected chi connectivity index (χ3v) is 5.51. The SMILES string of the molecule is CCOc1ccc2c(c1)[C@@H]1C=CC[C@@H]1[C@H](c1cc([N+](=O)[O-])ccc1Cl)N2. The first kappa shape index (κ1) is 16.9. The molecule has 0 radical (unpaired) electrons. The number of non-ortho nitro benzene ring substituents is 1. The molecule has 0 fully saturated rings. The second-order valence-electron chi connectivity index (χ2n) is 6.62. The van der Waals surface area contributed by atoms with Gasteiger partial charge in [-0.15, -0.1) is 0 Å². The van der Waals surface area contributed by atoms with E-state index in [1.165, 1.54) is 11.6 Å². The van der Waals surface area contributed by atoms with E-state index in [1.807, 2.05) is 19.1 Å². The quantitative estimate of drug-likeness (QED) is 0.440. The van der Waals surface area contributed by atoms with Gasteiger partial charge in [-0.3, -0.25) is 10.1 Å². The molecule has 1 N–H and O–H groups in total. The van der Waals surface area contributed by atoms with Gasteiger partial charge < -0.3 is 10.1 Å². The molecule has 0 saturated carbocycles. The summed E-state index contributed by atoms with van der Waals surface area (Å²) in [6.07, 6.45) is 5.30. The zero-order valence-corrected chi connectivity index (χ0v) is 15.1. The minimum atomic E-state index is -0.380. The van der Waals surface area contributed by atoms with Crippen molar-refractivity contribution in [3.8, 4) is 5.75 Å². The summed E-state index contributed by atoms with van der Waals surface area (Å²) in [6, 6.07) is 10.6. The van der Waals surface area contributed by atoms with Crippen molar-refractivity contribution in [2.45, 2.75) is 25.3 Å². The Hall–Kier alpha value is -2.53. The van der Waals surface area contributed by atoms with Crippen LogP contribution in [0, 0.1) is 16.0 Å². The van der Waals surface area contributed by atoms with Gasteiger partial charge in [0.25, 0.3) is 5.69 Å². The van der Waals surface area contributed by atoms with Gasteiger partial charge in [-0.1, -0.05) is 23.8 Å². The van der Waals surface area contributed by atoms with Gasteiger partial charge in [0.05, 0.1) is 17.6 Å². The van der Waals surface area contributed by atoms with E-state index in [2.05, 4.69) is 23.5 Å². The normalized spacial score (nSPS) is 23.1. The zero-order valence-electron chi connectivity index (χ0n) is 14.3. The summed E-state index contributed by atoms with van der Waals surface area (Å²) in [5.41, 5.74) is 3.06. The van der Waals surface area contributed by atoms with Crippen LogP contribution in [0.4, 0.5) is 11.4 Å². The highest BCUT2D eigenvalue weighted by atomic mass is 35.5. The van der Waals surface area contributed by atoms with Gasteiger partial charge in [-0.25, -0.2) is 0 Å². The number of halogens is 1. The number of allylic oxidation sites excluding steroid dienone is 2. The van der Waals surface area contributed by atoms with Crippen molar-refractivity contribution in [2.75, 3.05) is 11.9 Å². The number of anilines is 1. The Kier molecular flexibility index (Phi) is 4.32. The van der Waals surface area contributed by atoms with E-state index in [-0.39, 0.29) is 28.5 Å². The lowest BCUT2D eigenvalue weighted by Gasteiger charge is -2.38. The van der Waals surface area contributed by atoms with Crippen LogP contribution in [-0.2, 0) is 0 Å². The number of nitro benzene ring substituents is 1. The molecule has 26 heavy (non-hydrogen) atoms. The number of hydrogen-bond donors (Lipinski definition) is 1. The summed E-state index contributed by atoms with van der Waals surface area (Å²) >= 11 is 6.42. The Balaban J connectivity index is 1.77. The van der Waals surface area contributed by atoms with Crippen LogP contribution in [0.5, 0.6) is 5.75 Å². The number of fused-ring (bicyclic) bond motifs is 3. The summed E-state index contributed by atoms with van der Waals surface area (Å²) in [4.78, 5) is 10.8. The van der Waals surface area contributed by atoms with Crippen molar-refractivity contribution in [3.63, 3.8) is 0 Å². The second kappa shape index (κ2) is 6.65. The molecule has 2 aliphatic rings. The number of ether oxygens (including phenoxy) is 1. The van der Waals surface area contributed by atoms with E-state index in [0.717, 1.165) is 23.4 Å². The predicted molar refractivity (Wildman–Crippen MR) is 102 cm³/mol. The van der Waals surface area contributed by atoms with Crippen molar-refractivity contribution in [1.82, 2.24) is 0 Å². The zero-order chi connectivity index (χ0) is 18.3. The number of hydrogen-bond acceptors (Lipinski definition) is 4. The Labute approximate surface area is 156 Å². The maximum absolute atomic E-state index is 11.2. The molecule has 0 amide bonds. The van der Waals surface area contributed by atoms with Crippen LogP contribution in [0.2, 0.25) is 5.02 Å². The monoisotopic (exact) mass is 370 g/mol. The van der Waals surface area contributed by atoms with E-state index >= 15 is 0 Å². The number of nitrogens with one attached hydrogen (secondary N) is 1. The molecule has 0 unspecified atom stereocenters. The lowest BCUT2D eigenvalue weighted by molar-refractivity contribution is -0.384. The molecule has 2 aromatic rings. The van der Waals surface area contributed by atoms with Gasteiger partial charge in [0.2, 0.25) is 0 Å². The standard InChI is InChI=1S/C20H19ClN2O3/c1-2-26-13-7-9-19-16(11-13)14-4-3-5-15(14)20(22-19)17-10-12(23(24)25)6-8-18(17)21/h3-4,6-11,14-15,20,22H,2,5H2,1H3/t14-,15+,20-/m1/s1. The average Bonchev–Trinajstić information content (AvgIpc) is 3.12. The summed E-state index contributed by atoms with van der Waals surface area (Å²) in [7, 11) is 0. The minimum Gasteiger partial charge on any atom is -0.494 e. The molecule has 2 aromatic carbocycles. The fourth-order valence-corrected chi connectivity index (χ4v) is 4.25. The number of nitro groups is 1. The van der Waals surface area contributed by atoms with E-state index in [0.29, 0.717) is 11.6 Å². The van der Waals surface area contributed by atoms with Crippen LogP contribution in [0.25, 0.3) is 0 Å². The molecule has 134 valence electrons. The molecule has 1 aliphatic heterocycles. The van der Waals surface area contributed by atoms with Crippen molar-refractivity contribution in [1.29, 1.82) is 0 Å². The third-order valence-electron chi connectivity index (χ3n) is 5.17. The van der Waals surface area contributed by atoms with Gasteiger partial charge in [-0.2, -0.15) is 0 Å². The fourth-order valence-electron chi connectivity index (χ4n) is 4.02. The molecular weight excluding hydrogens is 352 g/mol. The molecular formula is C20H19ClN2O3. The molecule has 0 aromatic heterocycles. The first-order valence-electron chi connectivity index (χ1n) is 8.72. The fraction of sp³-hybridized carbons (Fsp3) is 0.300. The van der Waals surface area contributed by atoms with E-state index < -0.39 is 0 Å². The van der Waals surface area contributed by atoms with Crippen molar-refractivity contribution >= 4 is 23.0 Å². The van der Waals surface area contributed by atoms with E-state index in [1.54, 1.807) is 12.1 Å². The van der Waals surface area contributed by atoms with Crippen molar-refractivity contribution < 1.29 is 9.66 Å². The maximum atomic E-state index is 11.2. The van der Waals surface area contributed by atoms with Gasteiger partial charge >= 0.3 is 0 Å². The second-order valence-corrected chi connectivity index (χ2v) is 7.03. The Morgan fingerprint density at radius 1 is 1.27 bits per heavy atom. The first-order chi connectivity index (χ1) is 12.6. The summed E-state index contributed by atoms with van der Waals surface area (Å²) in [6.45, 7) is 2.60. The summed E-state index contributed by atoms with van der Waals surface area (Å²) in [5.74, 6) is 1.37. The maximum Gasteiger partial charge on any atom is 0.269 e. The molecule has 4 rings (SSSR count). The van der Waals surface area contributed by atoms with Crippen molar-refractivity contribution in [2.24, 2.45) is 5.92 Å². The van der Waals surface area contributed by atoms with Gasteiger partial charge in [0.1, 0.15) is 5.75 Å². The molecule has 1 heterocycles. The van der Waals surface area contributed by atoms with Crippen LogP contribution in [-0.4, -0.2) is 11.5 Å².